The molecule has 0 radical (unpaired) electrons. The Morgan fingerprint density at radius 3 is 2.62 bits per heavy atom. The predicted molar refractivity (Wildman–Crippen MR) is 48.7 cm³/mol. The van der Waals surface area contributed by atoms with Crippen LogP contribution in [0.15, 0.2) is 22.6 Å². The molecule has 70 valence electrons. The first-order valence-electron chi connectivity index (χ1n) is 3.59. The highest BCUT2D eigenvalue weighted by atomic mass is 32.2. The van der Waals surface area contributed by atoms with Crippen molar-refractivity contribution in [2.45, 2.75) is 6.92 Å². The van der Waals surface area contributed by atoms with Crippen LogP contribution in [0.5, 0.6) is 5.75 Å². The summed E-state index contributed by atoms with van der Waals surface area (Å²) in [5.74, 6) is 0.462. The van der Waals surface area contributed by atoms with Crippen LogP contribution < -0.4 is 4.74 Å². The number of methoxy groups -OCH3 is 1. The standard InChI is InChI=1S/C8H9NO3S/c1-6-3-4-7(9-13(10)11)8(5-6)12-2/h3-5H,1-2H3. The summed E-state index contributed by atoms with van der Waals surface area (Å²) in [6.07, 6.45) is 0. The normalized spacial score (nSPS) is 9.38. The third kappa shape index (κ3) is 2.55. The summed E-state index contributed by atoms with van der Waals surface area (Å²) in [5.41, 5.74) is 1.31. The average Bonchev–Trinajstić information content (AvgIpc) is 2.07. The van der Waals surface area contributed by atoms with Gasteiger partial charge in [0.25, 0.3) is 0 Å². The molecule has 5 heteroatoms. The topological polar surface area (TPSA) is 55.7 Å². The number of rotatable bonds is 2. The van der Waals surface area contributed by atoms with E-state index in [1.165, 1.54) is 7.11 Å². The molecule has 0 heterocycles. The van der Waals surface area contributed by atoms with Gasteiger partial charge < -0.3 is 4.74 Å². The highest BCUT2D eigenvalue weighted by Crippen LogP contribution is 2.27. The molecule has 0 atom stereocenters. The van der Waals surface area contributed by atoms with Gasteiger partial charge in [0.05, 0.1) is 7.11 Å². The molecule has 0 fully saturated rings. The van der Waals surface area contributed by atoms with Crippen molar-refractivity contribution in [2.24, 2.45) is 4.36 Å². The monoisotopic (exact) mass is 199 g/mol. The molecule has 0 saturated carbocycles. The first-order valence-corrected chi connectivity index (χ1v) is 4.62. The summed E-state index contributed by atoms with van der Waals surface area (Å²) in [7, 11) is -0.966. The Morgan fingerprint density at radius 1 is 1.38 bits per heavy atom. The maximum absolute atomic E-state index is 10.3. The van der Waals surface area contributed by atoms with E-state index in [9.17, 15) is 8.42 Å². The van der Waals surface area contributed by atoms with Crippen LogP contribution >= 0.6 is 0 Å². The van der Waals surface area contributed by atoms with Gasteiger partial charge in [0.15, 0.2) is 0 Å². The molecule has 1 aromatic carbocycles. The summed E-state index contributed by atoms with van der Waals surface area (Å²) in [4.78, 5) is 0. The Kier molecular flexibility index (Phi) is 3.02. The Bertz CT molecular complexity index is 429. The van der Waals surface area contributed by atoms with Crippen LogP contribution in [0.2, 0.25) is 0 Å². The molecule has 0 aliphatic carbocycles. The summed E-state index contributed by atoms with van der Waals surface area (Å²) >= 11 is 0. The third-order valence-corrected chi connectivity index (χ3v) is 1.85. The molecule has 1 rings (SSSR count). The molecule has 0 aromatic heterocycles. The van der Waals surface area contributed by atoms with E-state index in [0.29, 0.717) is 11.4 Å². The van der Waals surface area contributed by atoms with E-state index < -0.39 is 10.5 Å². The maximum Gasteiger partial charge on any atom is 0.316 e. The Labute approximate surface area is 77.9 Å². The molecule has 0 aliphatic rings. The number of hydrogen-bond donors (Lipinski definition) is 0. The predicted octanol–water partition coefficient (Wildman–Crippen LogP) is 1.70. The fraction of sp³-hybridized carbons (Fsp3) is 0.250. The van der Waals surface area contributed by atoms with E-state index in [4.69, 9.17) is 4.74 Å². The zero-order valence-electron chi connectivity index (χ0n) is 7.31. The first-order chi connectivity index (χ1) is 6.13. The summed E-state index contributed by atoms with van der Waals surface area (Å²) in [6, 6.07) is 5.10. The van der Waals surface area contributed by atoms with E-state index in [1.54, 1.807) is 18.2 Å². The lowest BCUT2D eigenvalue weighted by atomic mass is 10.2. The fourth-order valence-electron chi connectivity index (χ4n) is 0.941. The van der Waals surface area contributed by atoms with Crippen LogP contribution in [0.4, 0.5) is 5.69 Å². The second-order valence-corrected chi connectivity index (χ2v) is 3.10. The molecular weight excluding hydrogens is 190 g/mol. The lowest BCUT2D eigenvalue weighted by Crippen LogP contribution is -1.84. The van der Waals surface area contributed by atoms with Crippen molar-refractivity contribution in [1.29, 1.82) is 0 Å². The number of benzene rings is 1. The van der Waals surface area contributed by atoms with Crippen molar-refractivity contribution in [2.75, 3.05) is 7.11 Å². The van der Waals surface area contributed by atoms with E-state index in [0.717, 1.165) is 5.56 Å². The number of aryl methyl sites for hydroxylation is 1. The van der Waals surface area contributed by atoms with Gasteiger partial charge >= 0.3 is 10.5 Å². The van der Waals surface area contributed by atoms with Crippen LogP contribution in [0.25, 0.3) is 0 Å². The molecule has 13 heavy (non-hydrogen) atoms. The van der Waals surface area contributed by atoms with Gasteiger partial charge in [0, 0.05) is 0 Å². The second-order valence-electron chi connectivity index (χ2n) is 2.48. The van der Waals surface area contributed by atoms with E-state index >= 15 is 0 Å². The van der Waals surface area contributed by atoms with Crippen LogP contribution in [0.3, 0.4) is 0 Å². The van der Waals surface area contributed by atoms with Gasteiger partial charge in [-0.05, 0) is 24.6 Å². The molecular formula is C8H9NO3S. The highest BCUT2D eigenvalue weighted by Gasteiger charge is 2.00. The highest BCUT2D eigenvalue weighted by molar-refractivity contribution is 7.61. The van der Waals surface area contributed by atoms with E-state index in [1.807, 2.05) is 6.92 Å². The minimum absolute atomic E-state index is 0.321. The van der Waals surface area contributed by atoms with Crippen molar-refractivity contribution < 1.29 is 13.2 Å². The SMILES string of the molecule is COc1cc(C)ccc1N=S(=O)=O. The van der Waals surface area contributed by atoms with Crippen molar-refractivity contribution in [3.63, 3.8) is 0 Å². The zero-order chi connectivity index (χ0) is 9.84. The van der Waals surface area contributed by atoms with Crippen molar-refractivity contribution in [1.82, 2.24) is 0 Å². The van der Waals surface area contributed by atoms with Crippen molar-refractivity contribution in [3.8, 4) is 5.75 Å². The Hall–Kier alpha value is -1.36. The van der Waals surface area contributed by atoms with Crippen LogP contribution in [-0.4, -0.2) is 15.5 Å². The van der Waals surface area contributed by atoms with Crippen LogP contribution in [0.1, 0.15) is 5.56 Å². The van der Waals surface area contributed by atoms with Crippen molar-refractivity contribution in [3.05, 3.63) is 23.8 Å². The molecule has 0 unspecified atom stereocenters. The smallest absolute Gasteiger partial charge is 0.316 e. The van der Waals surface area contributed by atoms with E-state index in [2.05, 4.69) is 4.36 Å². The van der Waals surface area contributed by atoms with E-state index in [-0.39, 0.29) is 0 Å². The van der Waals surface area contributed by atoms with Gasteiger partial charge in [-0.15, -0.1) is 4.36 Å². The summed E-state index contributed by atoms with van der Waals surface area (Å²) < 4.78 is 28.9. The van der Waals surface area contributed by atoms with Gasteiger partial charge in [0.2, 0.25) is 0 Å². The lowest BCUT2D eigenvalue weighted by Gasteiger charge is -2.02. The average molecular weight is 199 g/mol. The molecule has 0 aliphatic heterocycles. The third-order valence-electron chi connectivity index (χ3n) is 1.51. The molecule has 1 aromatic rings. The maximum atomic E-state index is 10.3. The van der Waals surface area contributed by atoms with Gasteiger partial charge in [0.1, 0.15) is 11.4 Å². The zero-order valence-corrected chi connectivity index (χ0v) is 8.13. The molecule has 0 saturated heterocycles. The Morgan fingerprint density at radius 2 is 2.08 bits per heavy atom. The van der Waals surface area contributed by atoms with Crippen LogP contribution in [-0.2, 0) is 10.5 Å². The minimum Gasteiger partial charge on any atom is -0.494 e. The molecule has 0 spiro atoms. The van der Waals surface area contributed by atoms with Crippen LogP contribution in [0, 0.1) is 6.92 Å². The first kappa shape index (κ1) is 9.73. The number of hydrogen-bond acceptors (Lipinski definition) is 4. The van der Waals surface area contributed by atoms with Gasteiger partial charge in [-0.25, -0.2) is 0 Å². The summed E-state index contributed by atoms with van der Waals surface area (Å²) in [6.45, 7) is 1.89. The molecule has 4 nitrogen and oxygen atoms in total. The molecule has 0 bridgehead atoms. The van der Waals surface area contributed by atoms with Gasteiger partial charge in [-0.2, -0.15) is 8.42 Å². The van der Waals surface area contributed by atoms with Crippen molar-refractivity contribution >= 4 is 16.2 Å². The van der Waals surface area contributed by atoms with Gasteiger partial charge in [-0.3, -0.25) is 0 Å². The largest absolute Gasteiger partial charge is 0.494 e. The number of ether oxygens (including phenoxy) is 1. The quantitative estimate of drug-likeness (QED) is 0.728. The number of nitrogens with zero attached hydrogens (tertiary/aromatic N) is 1. The fourth-order valence-corrected chi connectivity index (χ4v) is 1.25. The Balaban J connectivity index is 3.29. The second kappa shape index (κ2) is 4.04. The minimum atomic E-state index is -2.44. The lowest BCUT2D eigenvalue weighted by molar-refractivity contribution is 0.416. The molecule has 0 N–H and O–H groups in total. The summed E-state index contributed by atoms with van der Waals surface area (Å²) in [5, 5.41) is 0. The molecule has 0 amide bonds. The van der Waals surface area contributed by atoms with Gasteiger partial charge in [-0.1, -0.05) is 6.07 Å².